The smallest absolute Gasteiger partial charge is 0.334 e. The fourth-order valence-corrected chi connectivity index (χ4v) is 4.21. The van der Waals surface area contributed by atoms with Crippen LogP contribution in [0.4, 0.5) is 4.39 Å². The molecule has 0 saturated carbocycles. The molecule has 2 aliphatic heterocycles. The average molecular weight is 434 g/mol. The molecule has 0 aromatic carbocycles. The number of nitrogens with zero attached hydrogens (tertiary/aromatic N) is 1. The molecule has 1 N–H and O–H groups in total. The largest absolute Gasteiger partial charge is 0.460 e. The SMILES string of the molecule is C=C1C(=O)O[C@H]2[C@H]1CC/C(COC(=O)Cn1cc(F)c(=O)[nH]c1=O)=C\CC[C@@]1(C)O[C@@H]21. The molecule has 166 valence electrons. The van der Waals surface area contributed by atoms with Crippen molar-refractivity contribution >= 4 is 11.9 Å². The van der Waals surface area contributed by atoms with Crippen LogP contribution in [0.3, 0.4) is 0 Å². The second-order valence-corrected chi connectivity index (χ2v) is 8.32. The summed E-state index contributed by atoms with van der Waals surface area (Å²) < 4.78 is 30.7. The van der Waals surface area contributed by atoms with Gasteiger partial charge in [0.25, 0.3) is 5.56 Å². The number of hydrogen-bond acceptors (Lipinski definition) is 7. The normalized spacial score (nSPS) is 31.7. The zero-order valence-corrected chi connectivity index (χ0v) is 17.0. The topological polar surface area (TPSA) is 120 Å². The van der Waals surface area contributed by atoms with Gasteiger partial charge in [-0.15, -0.1) is 0 Å². The van der Waals surface area contributed by atoms with Gasteiger partial charge in [0.2, 0.25) is 5.82 Å². The van der Waals surface area contributed by atoms with Crippen LogP contribution >= 0.6 is 0 Å². The first-order chi connectivity index (χ1) is 14.7. The van der Waals surface area contributed by atoms with E-state index < -0.39 is 35.5 Å². The summed E-state index contributed by atoms with van der Waals surface area (Å²) in [5, 5.41) is 0. The minimum absolute atomic E-state index is 0.000907. The van der Waals surface area contributed by atoms with Crippen molar-refractivity contribution in [2.24, 2.45) is 5.92 Å². The van der Waals surface area contributed by atoms with Crippen LogP contribution in [0.1, 0.15) is 32.6 Å². The maximum atomic E-state index is 13.4. The quantitative estimate of drug-likeness (QED) is 0.325. The highest BCUT2D eigenvalue weighted by Gasteiger charge is 2.61. The third-order valence-electron chi connectivity index (χ3n) is 6.12. The predicted molar refractivity (Wildman–Crippen MR) is 105 cm³/mol. The summed E-state index contributed by atoms with van der Waals surface area (Å²) in [6.45, 7) is 5.32. The number of carbonyl (C=O) groups is 2. The van der Waals surface area contributed by atoms with Crippen molar-refractivity contribution in [3.05, 3.63) is 56.7 Å². The number of aromatic nitrogens is 2. The zero-order valence-electron chi connectivity index (χ0n) is 17.0. The van der Waals surface area contributed by atoms with E-state index in [0.717, 1.165) is 16.6 Å². The van der Waals surface area contributed by atoms with Crippen molar-refractivity contribution in [2.45, 2.75) is 57.0 Å². The number of H-pyrrole nitrogens is 1. The van der Waals surface area contributed by atoms with E-state index in [2.05, 4.69) is 6.58 Å². The van der Waals surface area contributed by atoms with Crippen molar-refractivity contribution in [1.82, 2.24) is 9.55 Å². The van der Waals surface area contributed by atoms with Crippen LogP contribution in [0.25, 0.3) is 0 Å². The molecule has 0 radical (unpaired) electrons. The predicted octanol–water partition coefficient (Wildman–Crippen LogP) is 0.975. The van der Waals surface area contributed by atoms with Crippen LogP contribution < -0.4 is 11.2 Å². The highest BCUT2D eigenvalue weighted by Crippen LogP contribution is 2.49. The lowest BCUT2D eigenvalue weighted by atomic mass is 9.84. The second-order valence-electron chi connectivity index (χ2n) is 8.32. The highest BCUT2D eigenvalue weighted by atomic mass is 19.1. The summed E-state index contributed by atoms with van der Waals surface area (Å²) in [7, 11) is 0. The standard InChI is InChI=1S/C21H23FN2O7/c1-11-13-6-5-12(4-3-7-21(2)17(31-21)16(13)30-19(11)27)10-29-15(25)9-24-8-14(22)18(26)23-20(24)28/h4,8,13,16-17H,1,3,5-7,9-10H2,2H3,(H,23,26,28)/b12-4+/t13-,16-,17-,21+/m0/s1. The summed E-state index contributed by atoms with van der Waals surface area (Å²) in [6.07, 6.45) is 4.77. The number of esters is 2. The van der Waals surface area contributed by atoms with Crippen LogP contribution in [0.15, 0.2) is 39.6 Å². The number of nitrogens with one attached hydrogen (secondary N) is 1. The molecule has 31 heavy (non-hydrogen) atoms. The zero-order chi connectivity index (χ0) is 22.3. The van der Waals surface area contributed by atoms with E-state index in [0.29, 0.717) is 31.0 Å². The number of carbonyl (C=O) groups excluding carboxylic acids is 2. The van der Waals surface area contributed by atoms with Gasteiger partial charge in [0.15, 0.2) is 0 Å². The molecule has 1 aliphatic carbocycles. The third kappa shape index (κ3) is 4.25. The Bertz CT molecular complexity index is 1090. The van der Waals surface area contributed by atoms with Crippen LogP contribution in [-0.4, -0.2) is 45.9 Å². The molecule has 2 saturated heterocycles. The maximum Gasteiger partial charge on any atom is 0.334 e. The molecular weight excluding hydrogens is 411 g/mol. The van der Waals surface area contributed by atoms with Crippen LogP contribution in [0.2, 0.25) is 0 Å². The number of fused-ring (bicyclic) bond motifs is 3. The minimum atomic E-state index is -1.17. The van der Waals surface area contributed by atoms with Crippen molar-refractivity contribution in [3.8, 4) is 0 Å². The molecule has 1 aromatic rings. The summed E-state index contributed by atoms with van der Waals surface area (Å²) in [6, 6.07) is 0. The van der Waals surface area contributed by atoms with Crippen LogP contribution in [0, 0.1) is 11.7 Å². The molecule has 0 amide bonds. The molecule has 0 unspecified atom stereocenters. The Morgan fingerprint density at radius 2 is 2.19 bits per heavy atom. The van der Waals surface area contributed by atoms with Gasteiger partial charge in [-0.25, -0.2) is 9.59 Å². The van der Waals surface area contributed by atoms with Gasteiger partial charge in [-0.1, -0.05) is 12.7 Å². The Balaban J connectivity index is 1.40. The first-order valence-corrected chi connectivity index (χ1v) is 10.1. The third-order valence-corrected chi connectivity index (χ3v) is 6.12. The molecule has 0 bridgehead atoms. The number of rotatable bonds is 4. The van der Waals surface area contributed by atoms with Gasteiger partial charge in [-0.05, 0) is 38.2 Å². The number of halogens is 1. The number of hydrogen-bond donors (Lipinski definition) is 1. The van der Waals surface area contributed by atoms with E-state index in [1.807, 2.05) is 13.0 Å². The summed E-state index contributed by atoms with van der Waals surface area (Å²) in [5.41, 5.74) is -1.12. The molecule has 1 aromatic heterocycles. The van der Waals surface area contributed by atoms with Crippen molar-refractivity contribution in [3.63, 3.8) is 0 Å². The first-order valence-electron chi connectivity index (χ1n) is 10.1. The Labute approximate surface area is 176 Å². The Kier molecular flexibility index (Phi) is 5.42. The van der Waals surface area contributed by atoms with Crippen molar-refractivity contribution in [2.75, 3.05) is 6.61 Å². The van der Waals surface area contributed by atoms with Gasteiger partial charge < -0.3 is 14.2 Å². The molecule has 10 heteroatoms. The average Bonchev–Trinajstić information content (AvgIpc) is 3.30. The van der Waals surface area contributed by atoms with Crippen LogP contribution in [0.5, 0.6) is 0 Å². The second kappa shape index (κ2) is 7.92. The van der Waals surface area contributed by atoms with E-state index >= 15 is 0 Å². The van der Waals surface area contributed by atoms with Gasteiger partial charge >= 0.3 is 17.6 Å². The number of epoxide rings is 1. The van der Waals surface area contributed by atoms with Crippen LogP contribution in [-0.2, 0) is 30.3 Å². The highest BCUT2D eigenvalue weighted by molar-refractivity contribution is 5.91. The van der Waals surface area contributed by atoms with E-state index in [1.165, 1.54) is 0 Å². The Hall–Kier alpha value is -3.01. The summed E-state index contributed by atoms with van der Waals surface area (Å²) in [5.74, 6) is -2.48. The van der Waals surface area contributed by atoms with E-state index in [-0.39, 0.29) is 30.3 Å². The molecule has 3 aliphatic rings. The lowest BCUT2D eigenvalue weighted by molar-refractivity contribution is -0.143. The summed E-state index contributed by atoms with van der Waals surface area (Å²) >= 11 is 0. The van der Waals surface area contributed by atoms with Gasteiger partial charge in [-0.3, -0.25) is 19.1 Å². The first kappa shape index (κ1) is 21.2. The number of aromatic amines is 1. The molecule has 3 heterocycles. The molecular formula is C21H23FN2O7. The van der Waals surface area contributed by atoms with E-state index in [1.54, 1.807) is 4.98 Å². The van der Waals surface area contributed by atoms with Gasteiger partial charge in [-0.2, -0.15) is 4.39 Å². The molecule has 4 rings (SSSR count). The molecule has 2 fully saturated rings. The van der Waals surface area contributed by atoms with Gasteiger partial charge in [0.05, 0.1) is 11.8 Å². The summed E-state index contributed by atoms with van der Waals surface area (Å²) in [4.78, 5) is 48.7. The monoisotopic (exact) mass is 434 g/mol. The van der Waals surface area contributed by atoms with Crippen molar-refractivity contribution in [1.29, 1.82) is 0 Å². The number of allylic oxidation sites excluding steroid dienone is 1. The molecule has 4 atom stereocenters. The minimum Gasteiger partial charge on any atom is -0.460 e. The molecule has 9 nitrogen and oxygen atoms in total. The fraction of sp³-hybridized carbons (Fsp3) is 0.524. The fourth-order valence-electron chi connectivity index (χ4n) is 4.21. The number of ether oxygens (including phenoxy) is 3. The lowest BCUT2D eigenvalue weighted by Gasteiger charge is -2.20. The van der Waals surface area contributed by atoms with Gasteiger partial charge in [0.1, 0.15) is 25.4 Å². The van der Waals surface area contributed by atoms with E-state index in [9.17, 15) is 23.6 Å². The van der Waals surface area contributed by atoms with Crippen molar-refractivity contribution < 1.29 is 28.2 Å². The Morgan fingerprint density at radius 3 is 2.97 bits per heavy atom. The maximum absolute atomic E-state index is 13.4. The lowest BCUT2D eigenvalue weighted by Crippen LogP contribution is -2.33. The van der Waals surface area contributed by atoms with E-state index in [4.69, 9.17) is 14.2 Å². The molecule has 0 spiro atoms. The van der Waals surface area contributed by atoms with Gasteiger partial charge in [0, 0.05) is 11.5 Å². The Morgan fingerprint density at radius 1 is 1.42 bits per heavy atom.